The fourth-order valence-corrected chi connectivity index (χ4v) is 19.7. The number of aryl methyl sites for hydroxylation is 3. The number of hydrogen-bond donors (Lipinski definition) is 0. The molecule has 0 atom stereocenters. The Morgan fingerprint density at radius 3 is 0.865 bits per heavy atom. The molecule has 12 fully saturated rings. The predicted molar refractivity (Wildman–Crippen MR) is 201 cm³/mol. The van der Waals surface area contributed by atoms with E-state index in [1.807, 2.05) is 0 Å². The first kappa shape index (κ1) is 32.9. The fraction of sp³-hybridized carbons (Fsp3) is 0.791. The van der Waals surface area contributed by atoms with Crippen molar-refractivity contribution in [3.05, 3.63) is 52.4 Å². The number of aromatic nitrogens is 6. The quantitative estimate of drug-likeness (QED) is 0.224. The predicted octanol–water partition coefficient (Wildman–Crippen LogP) is 10.2. The molecule has 15 rings (SSSR count). The first-order valence-corrected chi connectivity index (χ1v) is 25.1. The molecule has 0 unspecified atom stereocenters. The van der Waals surface area contributed by atoms with Gasteiger partial charge in [-0.05, 0) is 0 Å². The van der Waals surface area contributed by atoms with Crippen LogP contribution in [0.15, 0.2) is 18.2 Å². The number of rotatable bonds is 7. The van der Waals surface area contributed by atoms with Crippen molar-refractivity contribution in [3.8, 4) is 0 Å². The van der Waals surface area contributed by atoms with Gasteiger partial charge < -0.3 is 0 Å². The van der Waals surface area contributed by atoms with Crippen LogP contribution in [-0.2, 0) is 33.0 Å². The van der Waals surface area contributed by atoms with Crippen LogP contribution in [0.4, 0.5) is 0 Å². The van der Waals surface area contributed by atoms with Gasteiger partial charge in [-0.2, -0.15) is 0 Å². The monoisotopic (exact) mass is 782 g/mol. The normalized spacial score (nSPS) is 44.9. The third-order valence-corrected chi connectivity index (χ3v) is 20.3. The van der Waals surface area contributed by atoms with Gasteiger partial charge in [-0.1, -0.05) is 0 Å². The zero-order valence-corrected chi connectivity index (χ0v) is 34.2. The second kappa shape index (κ2) is 11.0. The van der Waals surface area contributed by atoms with E-state index in [0.29, 0.717) is 0 Å². The molecule has 0 aliphatic heterocycles. The molecule has 3 aromatic heterocycles. The molecule has 52 heavy (non-hydrogen) atoms. The SMILES string of the molecule is Cc1cc(C23CC4CC(CC(C4)C2)C3)nn1[C](n1nc(C23CC4CC(CC(C4)C2)C3)cc1C)(n1nc(C23CC4CC(CC(C4)C2)C3)cc1C)[Mn]([Cl])[Cl]. The molecule has 12 bridgehead atoms. The van der Waals surface area contributed by atoms with E-state index < -0.39 is 16.8 Å². The van der Waals surface area contributed by atoms with E-state index in [4.69, 9.17) is 35.5 Å². The van der Waals surface area contributed by atoms with Crippen LogP contribution in [0.5, 0.6) is 0 Å². The van der Waals surface area contributed by atoms with Gasteiger partial charge in [-0.15, -0.1) is 0 Å². The molecule has 0 aromatic carbocycles. The van der Waals surface area contributed by atoms with E-state index in [-0.39, 0.29) is 16.2 Å². The Labute approximate surface area is 322 Å². The summed E-state index contributed by atoms with van der Waals surface area (Å²) in [6.07, 6.45) is 24.5. The van der Waals surface area contributed by atoms with Crippen molar-refractivity contribution < 1.29 is 12.1 Å². The first-order valence-electron chi connectivity index (χ1n) is 21.3. The van der Waals surface area contributed by atoms with Crippen molar-refractivity contribution >= 4 is 20.2 Å². The fourth-order valence-electron chi connectivity index (χ4n) is 16.8. The second-order valence-electron chi connectivity index (χ2n) is 21.1. The molecule has 0 spiro atoms. The van der Waals surface area contributed by atoms with E-state index in [1.54, 1.807) is 0 Å². The van der Waals surface area contributed by atoms with Gasteiger partial charge in [0, 0.05) is 0 Å². The first-order chi connectivity index (χ1) is 25.0. The Morgan fingerprint density at radius 2 is 0.673 bits per heavy atom. The van der Waals surface area contributed by atoms with Gasteiger partial charge in [0.25, 0.3) is 0 Å². The standard InChI is InChI=1S/C43H57N6.2ClH.Mn/c1-25-4-37(41-16-28-7-29(17-41)9-30(8-28)18-41)44-47(25)40(48-26(2)5-38(45-48)42-19-31-10-32(20-42)12-33(11-31)21-42)49-27(3)6-39(46-49)43-22-34-13-35(23-43)15-36(14-34)24-43;;;/h4-6,28-36H,7-24H2,1-3H3;2*1H;/q;;;+2/p-2. The summed E-state index contributed by atoms with van der Waals surface area (Å²) in [4.78, 5) is 0. The van der Waals surface area contributed by atoms with Gasteiger partial charge in [-0.3, -0.25) is 0 Å². The summed E-state index contributed by atoms with van der Waals surface area (Å²) < 4.78 is 5.70. The maximum atomic E-state index is 7.69. The van der Waals surface area contributed by atoms with E-state index in [0.717, 1.165) is 70.3 Å². The summed E-state index contributed by atoms with van der Waals surface area (Å²) in [6.45, 7) is 6.76. The second-order valence-corrected chi connectivity index (χ2v) is 25.5. The Bertz CT molecular complexity index is 1630. The molecule has 280 valence electrons. The van der Waals surface area contributed by atoms with Crippen LogP contribution in [0.2, 0.25) is 0 Å². The molecule has 0 amide bonds. The third-order valence-electron chi connectivity index (χ3n) is 17.4. The average Bonchev–Trinajstić information content (AvgIpc) is 3.78. The van der Waals surface area contributed by atoms with E-state index in [2.05, 4.69) is 53.0 Å². The van der Waals surface area contributed by atoms with Gasteiger partial charge in [0.2, 0.25) is 0 Å². The van der Waals surface area contributed by atoms with Crippen molar-refractivity contribution in [2.24, 2.45) is 53.3 Å². The Morgan fingerprint density at radius 1 is 0.462 bits per heavy atom. The van der Waals surface area contributed by atoms with Crippen molar-refractivity contribution in [1.82, 2.24) is 29.3 Å². The molecule has 12 aliphatic rings. The van der Waals surface area contributed by atoms with Crippen LogP contribution in [0.3, 0.4) is 0 Å². The molecule has 0 radical (unpaired) electrons. The van der Waals surface area contributed by atoms with Crippen molar-refractivity contribution in [2.45, 2.75) is 157 Å². The van der Waals surface area contributed by atoms with Crippen molar-refractivity contribution in [3.63, 3.8) is 0 Å². The molecule has 9 heteroatoms. The van der Waals surface area contributed by atoms with Gasteiger partial charge in [0.1, 0.15) is 0 Å². The maximum absolute atomic E-state index is 7.69. The minimum absolute atomic E-state index is 0.176. The molecule has 12 saturated carbocycles. The molecule has 3 aromatic rings. The number of halogens is 2. The van der Waals surface area contributed by atoms with Gasteiger partial charge in [-0.25, -0.2) is 0 Å². The zero-order valence-electron chi connectivity index (χ0n) is 31.5. The minimum atomic E-state index is -2.26. The molecular formula is C43H57Cl2MnN6. The summed E-state index contributed by atoms with van der Waals surface area (Å²) in [7, 11) is 15.4. The Hall–Kier alpha value is -1.27. The molecule has 3 heterocycles. The Balaban J connectivity index is 1.04. The van der Waals surface area contributed by atoms with Crippen LogP contribution in [0.1, 0.15) is 150 Å². The van der Waals surface area contributed by atoms with Crippen LogP contribution < -0.4 is 0 Å². The van der Waals surface area contributed by atoms with Gasteiger partial charge >= 0.3 is 325 Å². The van der Waals surface area contributed by atoms with E-state index in [9.17, 15) is 0 Å². The number of hydrogen-bond acceptors (Lipinski definition) is 3. The van der Waals surface area contributed by atoms with Crippen LogP contribution >= 0.6 is 20.2 Å². The van der Waals surface area contributed by atoms with Crippen molar-refractivity contribution in [2.75, 3.05) is 0 Å². The van der Waals surface area contributed by atoms with Gasteiger partial charge in [0.15, 0.2) is 0 Å². The van der Waals surface area contributed by atoms with E-state index >= 15 is 0 Å². The van der Waals surface area contributed by atoms with Gasteiger partial charge in [0.05, 0.1) is 0 Å². The topological polar surface area (TPSA) is 53.5 Å². The molecule has 0 N–H and O–H groups in total. The summed E-state index contributed by atoms with van der Waals surface area (Å²) >= 11 is -2.26. The summed E-state index contributed by atoms with van der Waals surface area (Å²) in [6, 6.07) is 7.29. The van der Waals surface area contributed by atoms with Crippen LogP contribution in [0.25, 0.3) is 0 Å². The number of nitrogens with zero attached hydrogens (tertiary/aromatic N) is 6. The zero-order chi connectivity index (χ0) is 34.9. The summed E-state index contributed by atoms with van der Waals surface area (Å²) in [5.74, 6) is 7.71. The summed E-state index contributed by atoms with van der Waals surface area (Å²) in [5, 5.41) is 17.4. The molecule has 0 saturated heterocycles. The average molecular weight is 784 g/mol. The van der Waals surface area contributed by atoms with E-state index in [1.165, 1.54) is 133 Å². The summed E-state index contributed by atoms with van der Waals surface area (Å²) in [5.41, 5.74) is 7.76. The molecular weight excluding hydrogens is 726 g/mol. The Kier molecular flexibility index (Phi) is 6.95. The van der Waals surface area contributed by atoms with Crippen molar-refractivity contribution in [1.29, 1.82) is 0 Å². The third kappa shape index (κ3) is 4.46. The molecule has 6 nitrogen and oxygen atoms in total. The molecule has 12 aliphatic carbocycles. The van der Waals surface area contributed by atoms with Crippen LogP contribution in [0, 0.1) is 74.0 Å². The van der Waals surface area contributed by atoms with Crippen LogP contribution in [-0.4, -0.2) is 29.3 Å².